The number of hydrogen-bond acceptors (Lipinski definition) is 5. The second kappa shape index (κ2) is 5.21. The first kappa shape index (κ1) is 13.5. The molecule has 0 unspecified atom stereocenters. The summed E-state index contributed by atoms with van der Waals surface area (Å²) < 4.78 is 16.0. The average molecular weight is 306 g/mol. The highest BCUT2D eigenvalue weighted by molar-refractivity contribution is 6.08. The van der Waals surface area contributed by atoms with Gasteiger partial charge in [-0.15, -0.1) is 0 Å². The summed E-state index contributed by atoms with van der Waals surface area (Å²) in [6.45, 7) is 0. The van der Waals surface area contributed by atoms with Gasteiger partial charge in [0.25, 0.3) is 0 Å². The minimum absolute atomic E-state index is 0.434. The lowest BCUT2D eigenvalue weighted by Gasteiger charge is -2.15. The number of nitrogens with zero attached hydrogens (tertiary/aromatic N) is 1. The predicted molar refractivity (Wildman–Crippen MR) is 88.1 cm³/mol. The first-order chi connectivity index (χ1) is 11.3. The zero-order valence-electron chi connectivity index (χ0n) is 12.4. The van der Waals surface area contributed by atoms with Crippen molar-refractivity contribution in [3.63, 3.8) is 0 Å². The Balaban J connectivity index is 2.21. The first-order valence-corrected chi connectivity index (χ1v) is 7.11. The summed E-state index contributed by atoms with van der Waals surface area (Å²) >= 11 is 0. The summed E-state index contributed by atoms with van der Waals surface area (Å²) in [5.74, 6) is 1.17. The van der Waals surface area contributed by atoms with Crippen LogP contribution >= 0.6 is 0 Å². The minimum Gasteiger partial charge on any atom is -0.496 e. The number of anilines is 1. The zero-order valence-corrected chi connectivity index (χ0v) is 12.4. The molecule has 3 aromatic heterocycles. The van der Waals surface area contributed by atoms with E-state index >= 15 is 0 Å². The molecule has 0 atom stereocenters. The van der Waals surface area contributed by atoms with Crippen LogP contribution in [0.4, 0.5) is 5.82 Å². The van der Waals surface area contributed by atoms with Gasteiger partial charge in [-0.25, -0.2) is 4.98 Å². The quantitative estimate of drug-likeness (QED) is 0.609. The van der Waals surface area contributed by atoms with Gasteiger partial charge in [-0.1, -0.05) is 6.07 Å². The maximum absolute atomic E-state index is 6.25. The van der Waals surface area contributed by atoms with E-state index in [1.807, 2.05) is 30.3 Å². The predicted octanol–water partition coefficient (Wildman–Crippen LogP) is 4.35. The van der Waals surface area contributed by atoms with Crippen LogP contribution in [0.1, 0.15) is 0 Å². The molecule has 0 aliphatic heterocycles. The van der Waals surface area contributed by atoms with E-state index in [1.165, 1.54) is 0 Å². The van der Waals surface area contributed by atoms with E-state index in [-0.39, 0.29) is 0 Å². The van der Waals surface area contributed by atoms with Gasteiger partial charge in [-0.2, -0.15) is 0 Å². The van der Waals surface area contributed by atoms with E-state index in [0.717, 1.165) is 38.9 Å². The Labute approximate surface area is 132 Å². The van der Waals surface area contributed by atoms with Gasteiger partial charge in [0, 0.05) is 22.3 Å². The zero-order chi connectivity index (χ0) is 15.8. The first-order valence-electron chi connectivity index (χ1n) is 7.11. The number of rotatable bonds is 3. The Hall–Kier alpha value is -3.21. The molecule has 0 bridgehead atoms. The number of hydrogen-bond donors (Lipinski definition) is 1. The Morgan fingerprint density at radius 3 is 2.26 bits per heavy atom. The molecule has 0 fully saturated rings. The van der Waals surface area contributed by atoms with Crippen molar-refractivity contribution >= 4 is 16.7 Å². The fourth-order valence-corrected chi connectivity index (χ4v) is 2.87. The highest BCUT2D eigenvalue weighted by Gasteiger charge is 2.20. The van der Waals surface area contributed by atoms with Gasteiger partial charge in [-0.05, 0) is 24.3 Å². The number of nitrogens with two attached hydrogens (primary N) is 1. The monoisotopic (exact) mass is 306 g/mol. The third kappa shape index (κ3) is 2.05. The van der Waals surface area contributed by atoms with Crippen molar-refractivity contribution in [3.8, 4) is 28.0 Å². The Morgan fingerprint density at radius 2 is 1.65 bits per heavy atom. The number of methoxy groups -OCH3 is 1. The van der Waals surface area contributed by atoms with Crippen LogP contribution in [0.15, 0.2) is 64.2 Å². The van der Waals surface area contributed by atoms with Gasteiger partial charge in [0.2, 0.25) is 0 Å². The van der Waals surface area contributed by atoms with Crippen molar-refractivity contribution < 1.29 is 13.6 Å². The molecule has 0 aliphatic rings. The molecule has 0 saturated heterocycles. The van der Waals surface area contributed by atoms with Crippen LogP contribution in [-0.2, 0) is 0 Å². The van der Waals surface area contributed by atoms with Crippen molar-refractivity contribution in [1.82, 2.24) is 4.98 Å². The molecule has 0 spiro atoms. The van der Waals surface area contributed by atoms with Crippen LogP contribution < -0.4 is 10.5 Å². The molecule has 4 aromatic rings. The molecule has 0 saturated carbocycles. The fraction of sp³-hybridized carbons (Fsp3) is 0.0556. The molecule has 23 heavy (non-hydrogen) atoms. The number of pyridine rings is 1. The Kier molecular flexibility index (Phi) is 3.05. The highest BCUT2D eigenvalue weighted by Crippen LogP contribution is 2.44. The molecule has 114 valence electrons. The Bertz CT molecular complexity index is 958. The topological polar surface area (TPSA) is 74.4 Å². The van der Waals surface area contributed by atoms with Gasteiger partial charge in [0.1, 0.15) is 11.6 Å². The normalized spacial score (nSPS) is 11.0. The second-order valence-corrected chi connectivity index (χ2v) is 5.13. The summed E-state index contributed by atoms with van der Waals surface area (Å²) in [7, 11) is 1.64. The highest BCUT2D eigenvalue weighted by atomic mass is 16.5. The molecule has 1 aromatic carbocycles. The summed E-state index contributed by atoms with van der Waals surface area (Å²) in [5.41, 5.74) is 10.5. The summed E-state index contributed by atoms with van der Waals surface area (Å²) in [5, 5.41) is 0.891. The standard InChI is InChI=1S/C18H14N2O3/c1-21-14-4-2-3-13-17(14)15(11-5-7-22-9-11)16(18(19)20-13)12-6-8-23-10-12/h2-10H,1H3,(H2,19,20). The van der Waals surface area contributed by atoms with Crippen molar-refractivity contribution in [2.24, 2.45) is 0 Å². The molecule has 0 aliphatic carbocycles. The Morgan fingerprint density at radius 1 is 0.957 bits per heavy atom. The van der Waals surface area contributed by atoms with Crippen molar-refractivity contribution in [1.29, 1.82) is 0 Å². The van der Waals surface area contributed by atoms with Crippen LogP contribution in [0.5, 0.6) is 5.75 Å². The number of fused-ring (bicyclic) bond motifs is 1. The van der Waals surface area contributed by atoms with E-state index in [0.29, 0.717) is 5.82 Å². The number of furan rings is 2. The van der Waals surface area contributed by atoms with Crippen molar-refractivity contribution in [2.45, 2.75) is 0 Å². The van der Waals surface area contributed by atoms with Gasteiger partial charge in [0.05, 0.1) is 43.1 Å². The van der Waals surface area contributed by atoms with Gasteiger partial charge < -0.3 is 19.3 Å². The maximum Gasteiger partial charge on any atom is 0.132 e. The van der Waals surface area contributed by atoms with E-state index in [2.05, 4.69) is 4.98 Å². The second-order valence-electron chi connectivity index (χ2n) is 5.13. The van der Waals surface area contributed by atoms with Crippen LogP contribution in [0.3, 0.4) is 0 Å². The van der Waals surface area contributed by atoms with Crippen LogP contribution in [0.25, 0.3) is 33.2 Å². The number of ether oxygens (including phenoxy) is 1. The lowest BCUT2D eigenvalue weighted by molar-refractivity contribution is 0.420. The molecule has 3 heterocycles. The number of aromatic nitrogens is 1. The third-order valence-corrected chi connectivity index (χ3v) is 3.84. The summed E-state index contributed by atoms with van der Waals surface area (Å²) in [4.78, 5) is 4.54. The van der Waals surface area contributed by atoms with Crippen molar-refractivity contribution in [2.75, 3.05) is 12.8 Å². The molecule has 5 heteroatoms. The van der Waals surface area contributed by atoms with Crippen LogP contribution in [0, 0.1) is 0 Å². The van der Waals surface area contributed by atoms with E-state index in [9.17, 15) is 0 Å². The number of benzene rings is 1. The molecule has 4 rings (SSSR count). The maximum atomic E-state index is 6.25. The van der Waals surface area contributed by atoms with Gasteiger partial charge >= 0.3 is 0 Å². The van der Waals surface area contributed by atoms with E-state index < -0.39 is 0 Å². The molecule has 0 amide bonds. The van der Waals surface area contributed by atoms with E-state index in [4.69, 9.17) is 19.3 Å². The fourth-order valence-electron chi connectivity index (χ4n) is 2.87. The molecule has 5 nitrogen and oxygen atoms in total. The van der Waals surface area contributed by atoms with Gasteiger partial charge in [-0.3, -0.25) is 0 Å². The lowest BCUT2D eigenvalue weighted by atomic mass is 9.94. The SMILES string of the molecule is COc1cccc2nc(N)c(-c3ccoc3)c(-c3ccoc3)c12. The molecular weight excluding hydrogens is 292 g/mol. The van der Waals surface area contributed by atoms with Crippen LogP contribution in [0.2, 0.25) is 0 Å². The third-order valence-electron chi connectivity index (χ3n) is 3.84. The smallest absolute Gasteiger partial charge is 0.132 e. The van der Waals surface area contributed by atoms with Gasteiger partial charge in [0.15, 0.2) is 0 Å². The largest absolute Gasteiger partial charge is 0.496 e. The van der Waals surface area contributed by atoms with Crippen LogP contribution in [-0.4, -0.2) is 12.1 Å². The average Bonchev–Trinajstić information content (AvgIpc) is 3.26. The minimum atomic E-state index is 0.434. The number of nitrogen functional groups attached to an aromatic ring is 1. The van der Waals surface area contributed by atoms with E-state index in [1.54, 1.807) is 32.2 Å². The summed E-state index contributed by atoms with van der Waals surface area (Å²) in [6.07, 6.45) is 6.58. The molecular formula is C18H14N2O3. The van der Waals surface area contributed by atoms with Crippen molar-refractivity contribution in [3.05, 3.63) is 55.4 Å². The molecule has 0 radical (unpaired) electrons. The lowest BCUT2D eigenvalue weighted by Crippen LogP contribution is -1.99. The summed E-state index contributed by atoms with van der Waals surface area (Å²) in [6, 6.07) is 9.46. The molecule has 2 N–H and O–H groups in total.